The minimum absolute atomic E-state index is 0.0924. The fraction of sp³-hybridized carbons (Fsp3) is 0.500. The van der Waals surface area contributed by atoms with Crippen LogP contribution in [0.15, 0.2) is 33.5 Å². The first-order valence-corrected chi connectivity index (χ1v) is 10.9. The number of carboxylic acids is 1. The molecule has 1 saturated heterocycles. The zero-order valence-corrected chi connectivity index (χ0v) is 18.6. The Balaban J connectivity index is 1.69. The lowest BCUT2D eigenvalue weighted by Crippen LogP contribution is -2.60. The first kappa shape index (κ1) is 26.5. The molecule has 1 aliphatic rings. The number of fused-ring (bicyclic) bond motifs is 1. The summed E-state index contributed by atoms with van der Waals surface area (Å²) in [4.78, 5) is 35.1. The van der Waals surface area contributed by atoms with Crippen LogP contribution in [0.25, 0.3) is 11.0 Å². The Morgan fingerprint density at radius 2 is 1.89 bits per heavy atom. The van der Waals surface area contributed by atoms with Crippen molar-refractivity contribution in [3.63, 3.8) is 0 Å². The predicted molar refractivity (Wildman–Crippen MR) is 118 cm³/mol. The third-order valence-electron chi connectivity index (χ3n) is 5.58. The molecule has 6 atom stereocenters. The van der Waals surface area contributed by atoms with Crippen LogP contribution in [0.2, 0.25) is 0 Å². The Morgan fingerprint density at radius 1 is 1.14 bits per heavy atom. The highest BCUT2D eigenvalue weighted by molar-refractivity contribution is 5.87. The van der Waals surface area contributed by atoms with E-state index >= 15 is 0 Å². The highest BCUT2D eigenvalue weighted by atomic mass is 16.7. The van der Waals surface area contributed by atoms with Crippen LogP contribution in [-0.2, 0) is 20.7 Å². The van der Waals surface area contributed by atoms with E-state index in [9.17, 15) is 34.8 Å². The average molecular weight is 496 g/mol. The first-order chi connectivity index (χ1) is 16.6. The van der Waals surface area contributed by atoms with Crippen molar-refractivity contribution in [3.8, 4) is 5.75 Å². The predicted octanol–water partition coefficient (Wildman–Crippen LogP) is -2.18. The zero-order valence-electron chi connectivity index (χ0n) is 18.6. The van der Waals surface area contributed by atoms with Gasteiger partial charge in [0.25, 0.3) is 0 Å². The van der Waals surface area contributed by atoms with Gasteiger partial charge in [-0.3, -0.25) is 9.59 Å². The summed E-state index contributed by atoms with van der Waals surface area (Å²) in [6.45, 7) is -0.397. The van der Waals surface area contributed by atoms with Crippen molar-refractivity contribution in [2.24, 2.45) is 5.73 Å². The normalized spacial score (nSPS) is 25.2. The molecule has 13 nitrogen and oxygen atoms in total. The molecule has 2 heterocycles. The second kappa shape index (κ2) is 11.6. The number of ether oxygens (including phenoxy) is 2. The highest BCUT2D eigenvalue weighted by Gasteiger charge is 2.44. The number of hydrogen-bond acceptors (Lipinski definition) is 11. The molecule has 0 bridgehead atoms. The van der Waals surface area contributed by atoms with Crippen molar-refractivity contribution >= 4 is 22.8 Å². The zero-order chi connectivity index (χ0) is 25.7. The third kappa shape index (κ3) is 6.54. The van der Waals surface area contributed by atoms with Crippen LogP contribution in [0.4, 0.5) is 0 Å². The van der Waals surface area contributed by atoms with Gasteiger partial charge in [0.05, 0.1) is 13.0 Å². The number of amides is 1. The van der Waals surface area contributed by atoms with Gasteiger partial charge in [-0.15, -0.1) is 0 Å². The molecule has 2 aromatic rings. The number of rotatable bonds is 10. The lowest BCUT2D eigenvalue weighted by Gasteiger charge is -2.39. The lowest BCUT2D eigenvalue weighted by atomic mass is 9.99. The molecule has 192 valence electrons. The Morgan fingerprint density at radius 3 is 2.57 bits per heavy atom. The van der Waals surface area contributed by atoms with Gasteiger partial charge in [-0.1, -0.05) is 0 Å². The standard InChI is InChI=1S/C22H28N2O11/c23-13(21(31)32)2-1-5-24-16(26)6-10-7-17(27)34-14-8-11(3-4-12(10)14)33-22-20(30)19(29)18(28)15(9-25)35-22/h3-4,7-8,13,15,18-20,22,25,28-30H,1-2,5-6,9,23H2,(H,24,26)(H,31,32)/t13?,15-,18+,19+,20-,22-/m1/s1. The number of aliphatic hydroxyl groups excluding tert-OH is 4. The van der Waals surface area contributed by atoms with Crippen molar-refractivity contribution in [2.45, 2.75) is 56.0 Å². The summed E-state index contributed by atoms with van der Waals surface area (Å²) in [6.07, 6.45) is -6.91. The number of carbonyl (C=O) groups excluding carboxylic acids is 1. The van der Waals surface area contributed by atoms with Crippen molar-refractivity contribution in [2.75, 3.05) is 13.2 Å². The van der Waals surface area contributed by atoms with E-state index in [2.05, 4.69) is 5.32 Å². The number of carboxylic acid groups (broad SMARTS) is 1. The largest absolute Gasteiger partial charge is 0.480 e. The number of carbonyl (C=O) groups is 2. The van der Waals surface area contributed by atoms with E-state index in [1.54, 1.807) is 0 Å². The van der Waals surface area contributed by atoms with E-state index in [1.165, 1.54) is 24.3 Å². The van der Waals surface area contributed by atoms with Gasteiger partial charge in [-0.05, 0) is 30.5 Å². The molecule has 0 saturated carbocycles. The molecule has 8 N–H and O–H groups in total. The quantitative estimate of drug-likeness (QED) is 0.138. The smallest absolute Gasteiger partial charge is 0.336 e. The molecule has 0 spiro atoms. The molecule has 0 aliphatic carbocycles. The van der Waals surface area contributed by atoms with Crippen LogP contribution >= 0.6 is 0 Å². The summed E-state index contributed by atoms with van der Waals surface area (Å²) in [6, 6.07) is 4.52. The second-order valence-electron chi connectivity index (χ2n) is 8.18. The molecular weight excluding hydrogens is 468 g/mol. The summed E-state index contributed by atoms with van der Waals surface area (Å²) >= 11 is 0. The molecule has 1 amide bonds. The van der Waals surface area contributed by atoms with E-state index in [0.29, 0.717) is 17.4 Å². The van der Waals surface area contributed by atoms with Crippen LogP contribution in [0.1, 0.15) is 18.4 Å². The van der Waals surface area contributed by atoms with Gasteiger partial charge in [0.15, 0.2) is 0 Å². The van der Waals surface area contributed by atoms with Crippen LogP contribution in [0, 0.1) is 0 Å². The van der Waals surface area contributed by atoms with Gasteiger partial charge in [0.1, 0.15) is 41.8 Å². The Labute approximate surface area is 198 Å². The monoisotopic (exact) mass is 496 g/mol. The van der Waals surface area contributed by atoms with Gasteiger partial charge < -0.3 is 50.5 Å². The Kier molecular flexibility index (Phi) is 8.77. The molecule has 1 aromatic heterocycles. The second-order valence-corrected chi connectivity index (χ2v) is 8.18. The van der Waals surface area contributed by atoms with E-state index in [-0.39, 0.29) is 36.6 Å². The SMILES string of the molecule is NC(CCCNC(=O)Cc1cc(=O)oc2cc(O[C@@H]3O[C@H](CO)[C@H](O)[C@H](O)[C@H]3O)ccc12)C(=O)O. The van der Waals surface area contributed by atoms with Crippen LogP contribution in [-0.4, -0.2) is 87.3 Å². The van der Waals surface area contributed by atoms with E-state index < -0.39 is 54.9 Å². The molecule has 0 radical (unpaired) electrons. The van der Waals surface area contributed by atoms with Gasteiger partial charge in [-0.25, -0.2) is 4.79 Å². The van der Waals surface area contributed by atoms with E-state index in [4.69, 9.17) is 24.7 Å². The first-order valence-electron chi connectivity index (χ1n) is 10.9. The van der Waals surface area contributed by atoms with Crippen LogP contribution < -0.4 is 21.4 Å². The van der Waals surface area contributed by atoms with Crippen molar-refractivity contribution < 1.29 is 49.0 Å². The minimum atomic E-state index is -1.62. The maximum Gasteiger partial charge on any atom is 0.336 e. The Hall–Kier alpha value is -3.07. The lowest BCUT2D eigenvalue weighted by molar-refractivity contribution is -0.277. The van der Waals surface area contributed by atoms with E-state index in [1.807, 2.05) is 0 Å². The van der Waals surface area contributed by atoms with Crippen molar-refractivity contribution in [1.82, 2.24) is 5.32 Å². The Bertz CT molecular complexity index is 1100. The summed E-state index contributed by atoms with van der Waals surface area (Å²) in [7, 11) is 0. The molecule has 1 aliphatic heterocycles. The van der Waals surface area contributed by atoms with Crippen molar-refractivity contribution in [3.05, 3.63) is 40.2 Å². The maximum absolute atomic E-state index is 12.3. The summed E-state index contributed by atoms with van der Waals surface area (Å²) in [5.41, 5.74) is 5.18. The van der Waals surface area contributed by atoms with Gasteiger partial charge >= 0.3 is 11.6 Å². The minimum Gasteiger partial charge on any atom is -0.480 e. The van der Waals surface area contributed by atoms with E-state index in [0.717, 1.165) is 0 Å². The highest BCUT2D eigenvalue weighted by Crippen LogP contribution is 2.27. The van der Waals surface area contributed by atoms with Gasteiger partial charge in [-0.2, -0.15) is 0 Å². The average Bonchev–Trinajstić information content (AvgIpc) is 2.81. The number of hydrogen-bond donors (Lipinski definition) is 7. The number of aliphatic hydroxyl groups is 4. The molecule has 13 heteroatoms. The molecular formula is C22H28N2O11. The van der Waals surface area contributed by atoms with Gasteiger partial charge in [0, 0.05) is 24.1 Å². The third-order valence-corrected chi connectivity index (χ3v) is 5.58. The molecule has 1 aromatic carbocycles. The molecule has 1 fully saturated rings. The number of nitrogens with one attached hydrogen (secondary N) is 1. The fourth-order valence-corrected chi connectivity index (χ4v) is 3.64. The fourth-order valence-electron chi connectivity index (χ4n) is 3.64. The van der Waals surface area contributed by atoms with Crippen molar-refractivity contribution in [1.29, 1.82) is 0 Å². The summed E-state index contributed by atoms with van der Waals surface area (Å²) in [5, 5.41) is 51.1. The number of nitrogens with two attached hydrogens (primary N) is 1. The molecule has 3 rings (SSSR count). The topological polar surface area (TPSA) is 222 Å². The van der Waals surface area contributed by atoms with Crippen LogP contribution in [0.5, 0.6) is 5.75 Å². The maximum atomic E-state index is 12.3. The summed E-state index contributed by atoms with van der Waals surface area (Å²) in [5.74, 6) is -1.41. The molecule has 1 unspecified atom stereocenters. The number of benzene rings is 1. The summed E-state index contributed by atoms with van der Waals surface area (Å²) < 4.78 is 16.0. The van der Waals surface area contributed by atoms with Gasteiger partial charge in [0.2, 0.25) is 12.2 Å². The molecule has 35 heavy (non-hydrogen) atoms. The van der Waals surface area contributed by atoms with Crippen LogP contribution in [0.3, 0.4) is 0 Å². The number of aliphatic carboxylic acids is 1.